The van der Waals surface area contributed by atoms with Crippen LogP contribution in [0.1, 0.15) is 0 Å². The normalized spacial score (nSPS) is 38.4. The van der Waals surface area contributed by atoms with Gasteiger partial charge >= 0.3 is 0 Å². The molecule has 0 aliphatic carbocycles. The quantitative estimate of drug-likeness (QED) is 0.328. The van der Waals surface area contributed by atoms with Crippen LogP contribution < -0.4 is 5.11 Å². The maximum absolute atomic E-state index is 10.5. The molecule has 106 valence electrons. The van der Waals surface area contributed by atoms with Gasteiger partial charge in [-0.25, -0.2) is 0 Å². The first-order valence-corrected chi connectivity index (χ1v) is 5.20. The molecule has 0 unspecified atom stereocenters. The largest absolute Gasteiger partial charge is 0.547 e. The molecule has 0 amide bonds. The zero-order valence-electron chi connectivity index (χ0n) is 9.25. The van der Waals surface area contributed by atoms with Crippen LogP contribution in [0.2, 0.25) is 0 Å². The summed E-state index contributed by atoms with van der Waals surface area (Å²) < 4.78 is 9.58. The monoisotopic (exact) mass is 267 g/mol. The smallest absolute Gasteiger partial charge is 0.187 e. The standard InChI is InChI=1S/C9H16O9/c10-1-3-5(12)6(13)7(14)9(17-3)18-4(2-11)8(15)16/h3-7,9-14H,1-2H2,(H,15,16)/p-1/t3-,4-,5-,6+,7-,9-/m1/s1. The van der Waals surface area contributed by atoms with E-state index in [9.17, 15) is 25.2 Å². The summed E-state index contributed by atoms with van der Waals surface area (Å²) in [5.41, 5.74) is 0. The van der Waals surface area contributed by atoms with Crippen LogP contribution in [-0.2, 0) is 14.3 Å². The topological polar surface area (TPSA) is 160 Å². The number of rotatable bonds is 5. The van der Waals surface area contributed by atoms with Gasteiger partial charge in [0.2, 0.25) is 0 Å². The molecule has 0 aromatic heterocycles. The number of hydrogen-bond acceptors (Lipinski definition) is 9. The lowest BCUT2D eigenvalue weighted by Crippen LogP contribution is -2.60. The van der Waals surface area contributed by atoms with Gasteiger partial charge in [0.15, 0.2) is 6.29 Å². The van der Waals surface area contributed by atoms with Crippen LogP contribution in [0.5, 0.6) is 0 Å². The fourth-order valence-corrected chi connectivity index (χ4v) is 1.51. The Balaban J connectivity index is 2.72. The zero-order valence-corrected chi connectivity index (χ0v) is 9.25. The number of carbonyl (C=O) groups is 1. The Kier molecular flexibility index (Phi) is 5.41. The second-order valence-electron chi connectivity index (χ2n) is 3.82. The summed E-state index contributed by atoms with van der Waals surface area (Å²) in [6.45, 7) is -1.59. The van der Waals surface area contributed by atoms with E-state index in [0.29, 0.717) is 0 Å². The second kappa shape index (κ2) is 6.38. The van der Waals surface area contributed by atoms with Crippen LogP contribution in [0.3, 0.4) is 0 Å². The van der Waals surface area contributed by atoms with Crippen LogP contribution in [0.25, 0.3) is 0 Å². The number of carboxylic acid groups (broad SMARTS) is 1. The molecule has 0 bridgehead atoms. The van der Waals surface area contributed by atoms with Crippen molar-refractivity contribution < 1.29 is 44.9 Å². The van der Waals surface area contributed by atoms with Crippen molar-refractivity contribution in [1.29, 1.82) is 0 Å². The summed E-state index contributed by atoms with van der Waals surface area (Å²) in [5, 5.41) is 56.4. The molecule has 1 aliphatic rings. The van der Waals surface area contributed by atoms with Gasteiger partial charge in [0.1, 0.15) is 30.5 Å². The van der Waals surface area contributed by atoms with Gasteiger partial charge < -0.3 is 44.9 Å². The van der Waals surface area contributed by atoms with Gasteiger partial charge in [-0.05, 0) is 0 Å². The van der Waals surface area contributed by atoms with Gasteiger partial charge in [0, 0.05) is 0 Å². The Morgan fingerprint density at radius 1 is 1.22 bits per heavy atom. The maximum atomic E-state index is 10.5. The molecule has 18 heavy (non-hydrogen) atoms. The summed E-state index contributed by atoms with van der Waals surface area (Å²) in [4.78, 5) is 10.5. The maximum Gasteiger partial charge on any atom is 0.187 e. The van der Waals surface area contributed by atoms with Crippen molar-refractivity contribution in [2.75, 3.05) is 13.2 Å². The highest BCUT2D eigenvalue weighted by Gasteiger charge is 2.44. The van der Waals surface area contributed by atoms with E-state index < -0.39 is 56.0 Å². The minimum absolute atomic E-state index is 0.667. The highest BCUT2D eigenvalue weighted by molar-refractivity contribution is 5.70. The van der Waals surface area contributed by atoms with E-state index in [-0.39, 0.29) is 0 Å². The third-order valence-electron chi connectivity index (χ3n) is 2.58. The third-order valence-corrected chi connectivity index (χ3v) is 2.58. The van der Waals surface area contributed by atoms with E-state index in [0.717, 1.165) is 0 Å². The van der Waals surface area contributed by atoms with E-state index in [1.165, 1.54) is 0 Å². The fourth-order valence-electron chi connectivity index (χ4n) is 1.51. The van der Waals surface area contributed by atoms with Crippen molar-refractivity contribution >= 4 is 5.97 Å². The molecule has 0 saturated carbocycles. The number of aliphatic carboxylic acids is 1. The Morgan fingerprint density at radius 2 is 1.83 bits per heavy atom. The highest BCUT2D eigenvalue weighted by Crippen LogP contribution is 2.22. The minimum atomic E-state index is -1.76. The van der Waals surface area contributed by atoms with Crippen molar-refractivity contribution in [3.8, 4) is 0 Å². The Bertz CT molecular complexity index is 281. The van der Waals surface area contributed by atoms with Gasteiger partial charge in [-0.1, -0.05) is 0 Å². The lowest BCUT2D eigenvalue weighted by Gasteiger charge is -2.40. The van der Waals surface area contributed by atoms with Crippen LogP contribution in [-0.4, -0.2) is 81.5 Å². The first-order chi connectivity index (χ1) is 8.42. The number of carboxylic acids is 1. The van der Waals surface area contributed by atoms with Gasteiger partial charge in [0.05, 0.1) is 19.2 Å². The molecule has 5 N–H and O–H groups in total. The summed E-state index contributed by atoms with van der Waals surface area (Å²) in [6.07, 6.45) is -9.56. The molecular weight excluding hydrogens is 252 g/mol. The molecule has 9 nitrogen and oxygen atoms in total. The average Bonchev–Trinajstić information content (AvgIpc) is 2.35. The first-order valence-electron chi connectivity index (χ1n) is 5.20. The predicted molar refractivity (Wildman–Crippen MR) is 50.7 cm³/mol. The number of aliphatic hydroxyl groups excluding tert-OH is 5. The van der Waals surface area contributed by atoms with E-state index in [1.54, 1.807) is 0 Å². The third kappa shape index (κ3) is 3.14. The van der Waals surface area contributed by atoms with E-state index >= 15 is 0 Å². The summed E-state index contributed by atoms with van der Waals surface area (Å²) in [5.74, 6) is -1.73. The second-order valence-corrected chi connectivity index (χ2v) is 3.82. The number of hydrogen-bond donors (Lipinski definition) is 5. The van der Waals surface area contributed by atoms with Crippen molar-refractivity contribution in [3.05, 3.63) is 0 Å². The molecule has 1 aliphatic heterocycles. The van der Waals surface area contributed by atoms with Crippen molar-refractivity contribution in [3.63, 3.8) is 0 Å². The van der Waals surface area contributed by atoms with Crippen molar-refractivity contribution in [2.24, 2.45) is 0 Å². The SMILES string of the molecule is O=C([O-])[C@@H](CO)O[C@H]1O[C@H](CO)[C@@H](O)[C@H](O)[C@H]1O. The summed E-state index contributed by atoms with van der Waals surface area (Å²) in [6, 6.07) is 0. The Morgan fingerprint density at radius 3 is 2.28 bits per heavy atom. The van der Waals surface area contributed by atoms with Gasteiger partial charge in [0.25, 0.3) is 0 Å². The molecule has 9 heteroatoms. The predicted octanol–water partition coefficient (Wildman–Crippen LogP) is -5.09. The van der Waals surface area contributed by atoms with E-state index in [1.807, 2.05) is 0 Å². The van der Waals surface area contributed by atoms with E-state index in [2.05, 4.69) is 0 Å². The number of aliphatic hydroxyl groups is 5. The fraction of sp³-hybridized carbons (Fsp3) is 0.889. The lowest BCUT2D eigenvalue weighted by atomic mass is 9.99. The minimum Gasteiger partial charge on any atom is -0.547 e. The molecular formula is C9H15O9-. The molecule has 1 heterocycles. The van der Waals surface area contributed by atoms with E-state index in [4.69, 9.17) is 19.7 Å². The molecule has 1 rings (SSSR count). The zero-order chi connectivity index (χ0) is 13.9. The number of ether oxygens (including phenoxy) is 2. The Hall–Kier alpha value is -0.810. The van der Waals surface area contributed by atoms with Gasteiger partial charge in [-0.3, -0.25) is 0 Å². The van der Waals surface area contributed by atoms with Crippen molar-refractivity contribution in [1.82, 2.24) is 0 Å². The van der Waals surface area contributed by atoms with Gasteiger partial charge in [-0.15, -0.1) is 0 Å². The summed E-state index contributed by atoms with van der Waals surface area (Å²) in [7, 11) is 0. The number of carbonyl (C=O) groups excluding carboxylic acids is 1. The van der Waals surface area contributed by atoms with Crippen LogP contribution >= 0.6 is 0 Å². The molecule has 0 spiro atoms. The van der Waals surface area contributed by atoms with Crippen LogP contribution in [0.4, 0.5) is 0 Å². The molecule has 0 radical (unpaired) electrons. The average molecular weight is 267 g/mol. The van der Waals surface area contributed by atoms with Crippen LogP contribution in [0, 0.1) is 0 Å². The Labute approximate surface area is 102 Å². The highest BCUT2D eigenvalue weighted by atomic mass is 16.7. The van der Waals surface area contributed by atoms with Crippen molar-refractivity contribution in [2.45, 2.75) is 36.8 Å². The van der Waals surface area contributed by atoms with Gasteiger partial charge in [-0.2, -0.15) is 0 Å². The molecule has 0 aromatic rings. The first kappa shape index (κ1) is 15.2. The molecule has 0 aromatic carbocycles. The molecule has 1 saturated heterocycles. The lowest BCUT2D eigenvalue weighted by molar-refractivity contribution is -0.344. The molecule has 6 atom stereocenters. The summed E-state index contributed by atoms with van der Waals surface area (Å²) >= 11 is 0. The molecule has 1 fully saturated rings. The van der Waals surface area contributed by atoms with Crippen LogP contribution in [0.15, 0.2) is 0 Å².